The standard InChI is InChI=1S/C12H16N2O4S2/c1-7-6-9(11(13)19)4-5-10(7)20(16,17)14-8(2)12(15)18-3/h4-6,8,14H,1-3H3,(H2,13,19). The van der Waals surface area contributed by atoms with Gasteiger partial charge in [-0.15, -0.1) is 0 Å². The van der Waals surface area contributed by atoms with Crippen molar-refractivity contribution >= 4 is 33.2 Å². The van der Waals surface area contributed by atoms with E-state index >= 15 is 0 Å². The van der Waals surface area contributed by atoms with Crippen LogP contribution in [0.3, 0.4) is 0 Å². The van der Waals surface area contributed by atoms with Gasteiger partial charge in [-0.3, -0.25) is 4.79 Å². The van der Waals surface area contributed by atoms with Crippen LogP contribution in [0.1, 0.15) is 18.1 Å². The van der Waals surface area contributed by atoms with Crippen LogP contribution in [0, 0.1) is 6.92 Å². The van der Waals surface area contributed by atoms with E-state index in [0.29, 0.717) is 11.1 Å². The summed E-state index contributed by atoms with van der Waals surface area (Å²) in [7, 11) is -2.63. The highest BCUT2D eigenvalue weighted by molar-refractivity contribution is 7.89. The molecule has 8 heteroatoms. The maximum Gasteiger partial charge on any atom is 0.323 e. The average molecular weight is 316 g/mol. The van der Waals surface area contributed by atoms with Crippen molar-refractivity contribution in [2.75, 3.05) is 7.11 Å². The van der Waals surface area contributed by atoms with Crippen molar-refractivity contribution in [1.82, 2.24) is 4.72 Å². The Morgan fingerprint density at radius 3 is 2.50 bits per heavy atom. The molecule has 1 unspecified atom stereocenters. The Labute approximate surface area is 123 Å². The number of rotatable bonds is 5. The normalized spacial score (nSPS) is 12.8. The number of sulfonamides is 1. The Hall–Kier alpha value is -1.51. The van der Waals surface area contributed by atoms with Gasteiger partial charge in [0, 0.05) is 5.56 Å². The van der Waals surface area contributed by atoms with E-state index in [-0.39, 0.29) is 9.88 Å². The molecule has 1 aromatic carbocycles. The molecule has 0 aromatic heterocycles. The third-order valence-corrected chi connectivity index (χ3v) is 4.57. The zero-order valence-electron chi connectivity index (χ0n) is 11.3. The molecule has 110 valence electrons. The summed E-state index contributed by atoms with van der Waals surface area (Å²) in [5.74, 6) is -0.661. The number of carbonyl (C=O) groups is 1. The van der Waals surface area contributed by atoms with Crippen LogP contribution in [0.5, 0.6) is 0 Å². The van der Waals surface area contributed by atoms with E-state index in [4.69, 9.17) is 18.0 Å². The van der Waals surface area contributed by atoms with Crippen LogP contribution in [0.15, 0.2) is 23.1 Å². The molecular formula is C12H16N2O4S2. The molecule has 0 heterocycles. The van der Waals surface area contributed by atoms with Gasteiger partial charge >= 0.3 is 5.97 Å². The summed E-state index contributed by atoms with van der Waals surface area (Å²) in [4.78, 5) is 11.5. The van der Waals surface area contributed by atoms with E-state index in [2.05, 4.69) is 9.46 Å². The van der Waals surface area contributed by atoms with Gasteiger partial charge in [0.1, 0.15) is 11.0 Å². The molecule has 3 N–H and O–H groups in total. The predicted octanol–water partition coefficient (Wildman–Crippen LogP) is 0.469. The monoisotopic (exact) mass is 316 g/mol. The number of thiocarbonyl (C=S) groups is 1. The highest BCUT2D eigenvalue weighted by Gasteiger charge is 2.24. The van der Waals surface area contributed by atoms with E-state index in [1.54, 1.807) is 13.0 Å². The summed E-state index contributed by atoms with van der Waals surface area (Å²) in [5, 5.41) is 0. The van der Waals surface area contributed by atoms with E-state index in [9.17, 15) is 13.2 Å². The topological polar surface area (TPSA) is 98.5 Å². The molecule has 0 spiro atoms. The summed E-state index contributed by atoms with van der Waals surface area (Å²) < 4.78 is 31.1. The van der Waals surface area contributed by atoms with Crippen LogP contribution >= 0.6 is 12.2 Å². The molecule has 20 heavy (non-hydrogen) atoms. The van der Waals surface area contributed by atoms with Gasteiger partial charge in [0.05, 0.1) is 12.0 Å². The summed E-state index contributed by atoms with van der Waals surface area (Å²) >= 11 is 4.83. The van der Waals surface area contributed by atoms with Crippen LogP contribution in [-0.4, -0.2) is 32.5 Å². The number of carbonyl (C=O) groups excluding carboxylic acids is 1. The Kier molecular flexibility index (Phi) is 5.21. The Morgan fingerprint density at radius 2 is 2.05 bits per heavy atom. The van der Waals surface area contributed by atoms with Gasteiger partial charge in [0.2, 0.25) is 10.0 Å². The molecular weight excluding hydrogens is 300 g/mol. The molecule has 0 amide bonds. The first-order valence-electron chi connectivity index (χ1n) is 5.69. The summed E-state index contributed by atoms with van der Waals surface area (Å²) in [5.41, 5.74) is 6.55. The lowest BCUT2D eigenvalue weighted by Gasteiger charge is -2.14. The van der Waals surface area contributed by atoms with Crippen LogP contribution in [0.4, 0.5) is 0 Å². The Bertz CT molecular complexity index is 641. The number of ether oxygens (including phenoxy) is 1. The average Bonchev–Trinajstić information content (AvgIpc) is 2.36. The van der Waals surface area contributed by atoms with E-state index < -0.39 is 22.0 Å². The number of nitrogens with one attached hydrogen (secondary N) is 1. The first-order chi connectivity index (χ1) is 9.19. The minimum Gasteiger partial charge on any atom is -0.468 e. The number of nitrogens with two attached hydrogens (primary N) is 1. The number of hydrogen-bond acceptors (Lipinski definition) is 5. The van der Waals surface area contributed by atoms with Crippen molar-refractivity contribution in [2.45, 2.75) is 24.8 Å². The maximum atomic E-state index is 12.2. The molecule has 0 bridgehead atoms. The molecule has 1 aromatic rings. The second kappa shape index (κ2) is 6.29. The molecule has 0 fully saturated rings. The molecule has 6 nitrogen and oxygen atoms in total. The predicted molar refractivity (Wildman–Crippen MR) is 78.9 cm³/mol. The lowest BCUT2D eigenvalue weighted by molar-refractivity contribution is -0.142. The first kappa shape index (κ1) is 16.5. The first-order valence-corrected chi connectivity index (χ1v) is 7.59. The number of benzene rings is 1. The fraction of sp³-hybridized carbons (Fsp3) is 0.333. The molecule has 1 rings (SSSR count). The largest absolute Gasteiger partial charge is 0.468 e. The minimum atomic E-state index is -3.82. The minimum absolute atomic E-state index is 0.0632. The zero-order valence-corrected chi connectivity index (χ0v) is 13.0. The molecule has 1 atom stereocenters. The smallest absolute Gasteiger partial charge is 0.323 e. The van der Waals surface area contributed by atoms with Crippen molar-refractivity contribution < 1.29 is 17.9 Å². The molecule has 0 aliphatic heterocycles. The zero-order chi connectivity index (χ0) is 15.5. The van der Waals surface area contributed by atoms with Gasteiger partial charge in [-0.1, -0.05) is 18.3 Å². The second-order valence-corrected chi connectivity index (χ2v) is 6.33. The van der Waals surface area contributed by atoms with Crippen molar-refractivity contribution in [2.24, 2.45) is 5.73 Å². The van der Waals surface area contributed by atoms with Gasteiger partial charge in [-0.2, -0.15) is 4.72 Å². The van der Waals surface area contributed by atoms with Gasteiger partial charge in [0.15, 0.2) is 0 Å². The Morgan fingerprint density at radius 1 is 1.45 bits per heavy atom. The van der Waals surface area contributed by atoms with E-state index in [1.807, 2.05) is 0 Å². The van der Waals surface area contributed by atoms with Crippen molar-refractivity contribution in [3.63, 3.8) is 0 Å². The summed E-state index contributed by atoms with van der Waals surface area (Å²) in [6, 6.07) is 3.53. The van der Waals surface area contributed by atoms with Crippen molar-refractivity contribution in [3.05, 3.63) is 29.3 Å². The fourth-order valence-electron chi connectivity index (χ4n) is 1.63. The van der Waals surface area contributed by atoms with Gasteiger partial charge in [-0.05, 0) is 31.5 Å². The molecule has 0 aliphatic carbocycles. The van der Waals surface area contributed by atoms with Crippen LogP contribution in [0.2, 0.25) is 0 Å². The molecule has 0 saturated heterocycles. The van der Waals surface area contributed by atoms with Crippen molar-refractivity contribution in [1.29, 1.82) is 0 Å². The highest BCUT2D eigenvalue weighted by Crippen LogP contribution is 2.17. The quantitative estimate of drug-likeness (QED) is 0.605. The summed E-state index contributed by atoms with van der Waals surface area (Å²) in [6.45, 7) is 3.03. The van der Waals surface area contributed by atoms with E-state index in [1.165, 1.54) is 26.2 Å². The van der Waals surface area contributed by atoms with Gasteiger partial charge in [0.25, 0.3) is 0 Å². The van der Waals surface area contributed by atoms with Crippen LogP contribution in [0.25, 0.3) is 0 Å². The van der Waals surface area contributed by atoms with Crippen LogP contribution in [-0.2, 0) is 19.6 Å². The number of esters is 1. The Balaban J connectivity index is 3.10. The number of aryl methyl sites for hydroxylation is 1. The lowest BCUT2D eigenvalue weighted by Crippen LogP contribution is -2.39. The summed E-state index contributed by atoms with van der Waals surface area (Å²) in [6.07, 6.45) is 0. The van der Waals surface area contributed by atoms with Crippen molar-refractivity contribution in [3.8, 4) is 0 Å². The second-order valence-electron chi connectivity index (χ2n) is 4.21. The number of methoxy groups -OCH3 is 1. The SMILES string of the molecule is COC(=O)C(C)NS(=O)(=O)c1ccc(C(N)=S)cc1C. The van der Waals surface area contributed by atoms with E-state index in [0.717, 1.165) is 0 Å². The molecule has 0 radical (unpaired) electrons. The number of hydrogen-bond donors (Lipinski definition) is 2. The molecule has 0 aliphatic rings. The fourth-order valence-corrected chi connectivity index (χ4v) is 3.17. The third-order valence-electron chi connectivity index (χ3n) is 2.64. The maximum absolute atomic E-state index is 12.2. The van der Waals surface area contributed by atoms with Gasteiger partial charge in [-0.25, -0.2) is 8.42 Å². The molecule has 0 saturated carbocycles. The van der Waals surface area contributed by atoms with Gasteiger partial charge < -0.3 is 10.5 Å². The van der Waals surface area contributed by atoms with Crippen LogP contribution < -0.4 is 10.5 Å². The highest BCUT2D eigenvalue weighted by atomic mass is 32.2. The lowest BCUT2D eigenvalue weighted by atomic mass is 10.1. The third kappa shape index (κ3) is 3.75.